The van der Waals surface area contributed by atoms with Crippen LogP contribution >= 0.6 is 11.8 Å². The maximum Gasteiger partial charge on any atom is 0.278 e. The van der Waals surface area contributed by atoms with Gasteiger partial charge in [0.15, 0.2) is 11.8 Å². The molecule has 0 unspecified atom stereocenters. The number of aromatic nitrogens is 2. The van der Waals surface area contributed by atoms with Gasteiger partial charge in [-0.2, -0.15) is 10.1 Å². The normalized spacial score (nSPS) is 11.1. The van der Waals surface area contributed by atoms with Gasteiger partial charge in [-0.25, -0.2) is 10.4 Å². The van der Waals surface area contributed by atoms with Gasteiger partial charge in [-0.1, -0.05) is 48.2 Å². The van der Waals surface area contributed by atoms with E-state index in [4.69, 9.17) is 4.74 Å². The summed E-state index contributed by atoms with van der Waals surface area (Å²) < 4.78 is 5.35. The highest BCUT2D eigenvalue weighted by molar-refractivity contribution is 7.98. The summed E-state index contributed by atoms with van der Waals surface area (Å²) in [6.45, 7) is 1.68. The monoisotopic (exact) mass is 342 g/mol. The highest BCUT2D eigenvalue weighted by Crippen LogP contribution is 2.15. The quantitative estimate of drug-likeness (QED) is 0.362. The van der Waals surface area contributed by atoms with E-state index in [1.54, 1.807) is 12.1 Å². The van der Waals surface area contributed by atoms with Crippen LogP contribution in [0.1, 0.15) is 11.3 Å². The third kappa shape index (κ3) is 6.21. The number of ether oxygens (including phenoxy) is 1. The Labute approximate surface area is 145 Å². The number of allylic oxidation sites excluding steroid dienone is 1. The number of thioether (sulfide) groups is 1. The van der Waals surface area contributed by atoms with Crippen molar-refractivity contribution in [2.45, 2.75) is 12.1 Å². The fourth-order valence-corrected chi connectivity index (χ4v) is 2.14. The zero-order chi connectivity index (χ0) is 17.2. The summed E-state index contributed by atoms with van der Waals surface area (Å²) in [5.74, 6) is 0.0104. The van der Waals surface area contributed by atoms with Crippen LogP contribution in [0.15, 0.2) is 52.7 Å². The van der Waals surface area contributed by atoms with Crippen LogP contribution in [0.4, 0.5) is 0 Å². The Balaban J connectivity index is 1.76. The lowest BCUT2D eigenvalue weighted by molar-refractivity contribution is -0.123. The Morgan fingerprint density at radius 2 is 2.12 bits per heavy atom. The summed E-state index contributed by atoms with van der Waals surface area (Å²) in [5, 5.41) is 4.43. The average molecular weight is 342 g/mol. The molecule has 0 saturated heterocycles. The summed E-state index contributed by atoms with van der Waals surface area (Å²) in [5.41, 5.74) is 4.23. The molecule has 2 aromatic rings. The molecule has 2 rings (SSSR count). The van der Waals surface area contributed by atoms with Gasteiger partial charge in [0.05, 0.1) is 0 Å². The van der Waals surface area contributed by atoms with Gasteiger partial charge in [0.25, 0.3) is 5.91 Å². The molecule has 124 valence electrons. The first kappa shape index (κ1) is 17.7. The first-order valence-electron chi connectivity index (χ1n) is 7.23. The van der Waals surface area contributed by atoms with Crippen LogP contribution in [0.5, 0.6) is 5.88 Å². The summed E-state index contributed by atoms with van der Waals surface area (Å²) in [6.07, 6.45) is 7.02. The molecule has 7 heteroatoms. The molecule has 0 aliphatic carbocycles. The fraction of sp³-hybridized carbons (Fsp3) is 0.176. The molecular weight excluding hydrogens is 324 g/mol. The largest absolute Gasteiger partial charge is 0.467 e. The molecule has 1 amide bonds. The number of carbonyl (C=O) groups excluding carboxylic acids is 1. The van der Waals surface area contributed by atoms with Crippen molar-refractivity contribution in [2.24, 2.45) is 5.10 Å². The Kier molecular flexibility index (Phi) is 6.97. The molecule has 0 fully saturated rings. The molecule has 0 aliphatic rings. The SMILES string of the molecule is CSc1nc(C)cc(OCC(=O)N/N=C\C=C\c2ccccc2)n1. The van der Waals surface area contributed by atoms with Gasteiger partial charge in [0.2, 0.25) is 5.88 Å². The van der Waals surface area contributed by atoms with Gasteiger partial charge in [-0.3, -0.25) is 4.79 Å². The number of amides is 1. The molecule has 1 aromatic carbocycles. The van der Waals surface area contributed by atoms with Crippen molar-refractivity contribution in [1.29, 1.82) is 0 Å². The predicted molar refractivity (Wildman–Crippen MR) is 96.2 cm³/mol. The molecule has 6 nitrogen and oxygen atoms in total. The first-order chi connectivity index (χ1) is 11.7. The Bertz CT molecular complexity index is 733. The molecule has 1 aromatic heterocycles. The van der Waals surface area contributed by atoms with Crippen LogP contribution in [0.25, 0.3) is 6.08 Å². The number of carbonyl (C=O) groups is 1. The van der Waals surface area contributed by atoms with Crippen molar-refractivity contribution in [3.63, 3.8) is 0 Å². The van der Waals surface area contributed by atoms with E-state index in [2.05, 4.69) is 20.5 Å². The minimum absolute atomic E-state index is 0.163. The van der Waals surface area contributed by atoms with Gasteiger partial charge in [-0.05, 0) is 24.8 Å². The van der Waals surface area contributed by atoms with E-state index in [0.717, 1.165) is 11.3 Å². The molecule has 1 heterocycles. The number of nitrogens with one attached hydrogen (secondary N) is 1. The molecule has 0 radical (unpaired) electrons. The van der Waals surface area contributed by atoms with Gasteiger partial charge in [-0.15, -0.1) is 0 Å². The smallest absolute Gasteiger partial charge is 0.278 e. The average Bonchev–Trinajstić information content (AvgIpc) is 2.60. The van der Waals surface area contributed by atoms with E-state index in [1.807, 2.05) is 49.6 Å². The number of hydrogen-bond donors (Lipinski definition) is 1. The summed E-state index contributed by atoms with van der Waals surface area (Å²) >= 11 is 1.41. The molecule has 0 saturated carbocycles. The van der Waals surface area contributed by atoms with Crippen molar-refractivity contribution in [3.8, 4) is 5.88 Å². The van der Waals surface area contributed by atoms with Crippen molar-refractivity contribution < 1.29 is 9.53 Å². The maximum atomic E-state index is 11.7. The third-order valence-electron chi connectivity index (χ3n) is 2.78. The van der Waals surface area contributed by atoms with E-state index >= 15 is 0 Å². The molecular formula is C17H18N4O2S. The minimum Gasteiger partial charge on any atom is -0.467 e. The van der Waals surface area contributed by atoms with Crippen molar-refractivity contribution >= 4 is 30.0 Å². The van der Waals surface area contributed by atoms with Crippen LogP contribution in [0.2, 0.25) is 0 Å². The number of hydrazone groups is 1. The Hall–Kier alpha value is -2.67. The molecule has 1 N–H and O–H groups in total. The van der Waals surface area contributed by atoms with E-state index < -0.39 is 0 Å². The number of rotatable bonds is 7. The predicted octanol–water partition coefficient (Wildman–Crippen LogP) is 2.70. The lowest BCUT2D eigenvalue weighted by Gasteiger charge is -2.05. The van der Waals surface area contributed by atoms with Gasteiger partial charge in [0.1, 0.15) is 0 Å². The first-order valence-corrected chi connectivity index (χ1v) is 8.46. The second-order valence-corrected chi connectivity index (χ2v) is 5.48. The topological polar surface area (TPSA) is 76.5 Å². The molecule has 0 bridgehead atoms. The van der Waals surface area contributed by atoms with Crippen LogP contribution < -0.4 is 10.2 Å². The van der Waals surface area contributed by atoms with Crippen LogP contribution in [-0.4, -0.2) is 35.0 Å². The van der Waals surface area contributed by atoms with Crippen LogP contribution in [0, 0.1) is 6.92 Å². The van der Waals surface area contributed by atoms with E-state index in [0.29, 0.717) is 11.0 Å². The lowest BCUT2D eigenvalue weighted by Crippen LogP contribution is -2.24. The standard InChI is InChI=1S/C17H18N4O2S/c1-13-11-16(20-17(19-13)24-2)23-12-15(22)21-18-10-6-9-14-7-4-3-5-8-14/h3-11H,12H2,1-2H3,(H,21,22)/b9-6+,18-10-. The van der Waals surface area contributed by atoms with E-state index in [9.17, 15) is 4.79 Å². The molecule has 0 spiro atoms. The number of hydrogen-bond acceptors (Lipinski definition) is 6. The van der Waals surface area contributed by atoms with Gasteiger partial charge >= 0.3 is 0 Å². The summed E-state index contributed by atoms with van der Waals surface area (Å²) in [6, 6.07) is 11.5. The molecule has 0 aliphatic heterocycles. The zero-order valence-corrected chi connectivity index (χ0v) is 14.3. The second kappa shape index (κ2) is 9.46. The molecule has 0 atom stereocenters. The summed E-state index contributed by atoms with van der Waals surface area (Å²) in [4.78, 5) is 20.0. The van der Waals surface area contributed by atoms with Crippen molar-refractivity contribution in [1.82, 2.24) is 15.4 Å². The lowest BCUT2D eigenvalue weighted by atomic mass is 10.2. The summed E-state index contributed by atoms with van der Waals surface area (Å²) in [7, 11) is 0. The van der Waals surface area contributed by atoms with E-state index in [1.165, 1.54) is 18.0 Å². The van der Waals surface area contributed by atoms with Gasteiger partial charge < -0.3 is 4.74 Å². The highest BCUT2D eigenvalue weighted by atomic mass is 32.2. The maximum absolute atomic E-state index is 11.7. The van der Waals surface area contributed by atoms with Crippen LogP contribution in [-0.2, 0) is 4.79 Å². The number of nitrogens with zero attached hydrogens (tertiary/aromatic N) is 3. The third-order valence-corrected chi connectivity index (χ3v) is 3.33. The number of benzene rings is 1. The Morgan fingerprint density at radius 1 is 1.33 bits per heavy atom. The highest BCUT2D eigenvalue weighted by Gasteiger charge is 2.05. The van der Waals surface area contributed by atoms with Gasteiger partial charge in [0, 0.05) is 18.0 Å². The Morgan fingerprint density at radius 3 is 2.88 bits per heavy atom. The van der Waals surface area contributed by atoms with E-state index in [-0.39, 0.29) is 12.5 Å². The fourth-order valence-electron chi connectivity index (χ4n) is 1.72. The van der Waals surface area contributed by atoms with Crippen LogP contribution in [0.3, 0.4) is 0 Å². The minimum atomic E-state index is -0.360. The van der Waals surface area contributed by atoms with Crippen molar-refractivity contribution in [2.75, 3.05) is 12.9 Å². The molecule has 24 heavy (non-hydrogen) atoms. The number of aryl methyl sites for hydroxylation is 1. The zero-order valence-electron chi connectivity index (χ0n) is 13.5. The second-order valence-electron chi connectivity index (χ2n) is 4.71. The van der Waals surface area contributed by atoms with Crippen molar-refractivity contribution in [3.05, 3.63) is 53.7 Å².